The van der Waals surface area contributed by atoms with Crippen LogP contribution in [0.2, 0.25) is 24.2 Å². The Bertz CT molecular complexity index is 150. The number of aldehydes is 1. The van der Waals surface area contributed by atoms with Crippen molar-refractivity contribution in [3.8, 4) is 0 Å². The van der Waals surface area contributed by atoms with Gasteiger partial charge in [-0.1, -0.05) is 46.7 Å². The van der Waals surface area contributed by atoms with Crippen LogP contribution in [0.5, 0.6) is 0 Å². The number of carbonyl (C=O) groups excluding carboxylic acids is 1. The van der Waals surface area contributed by atoms with Gasteiger partial charge in [-0.25, -0.2) is 0 Å². The Hall–Kier alpha value is -0.113. The third-order valence-corrected chi connectivity index (χ3v) is 8.40. The molecule has 0 aromatic rings. The molecule has 0 aliphatic rings. The molecule has 0 heterocycles. The summed E-state index contributed by atoms with van der Waals surface area (Å²) in [5.41, 5.74) is 0. The monoisotopic (exact) mass is 186 g/mol. The molecule has 0 bridgehead atoms. The first-order valence-corrected chi connectivity index (χ1v) is 8.02. The second-order valence-corrected chi connectivity index (χ2v) is 10.4. The lowest BCUT2D eigenvalue weighted by Gasteiger charge is -2.39. The van der Waals surface area contributed by atoms with Crippen molar-refractivity contribution in [1.82, 2.24) is 0 Å². The first-order valence-electron chi connectivity index (χ1n) is 4.81. The molecule has 0 aliphatic heterocycles. The molecule has 2 heteroatoms. The fraction of sp³-hybridized carbons (Fsp3) is 0.900. The fourth-order valence-electron chi connectivity index (χ4n) is 1.45. The van der Waals surface area contributed by atoms with Crippen LogP contribution in [0, 0.1) is 0 Å². The lowest BCUT2D eigenvalue weighted by atomic mass is 10.1. The van der Waals surface area contributed by atoms with Crippen LogP contribution in [0.1, 0.15) is 33.6 Å². The molecule has 0 amide bonds. The highest BCUT2D eigenvalue weighted by molar-refractivity contribution is 6.82. The van der Waals surface area contributed by atoms with Gasteiger partial charge in [-0.2, -0.15) is 0 Å². The van der Waals surface area contributed by atoms with Gasteiger partial charge in [-0.15, -0.1) is 0 Å². The van der Waals surface area contributed by atoms with Crippen molar-refractivity contribution in [1.29, 1.82) is 0 Å². The molecule has 0 radical (unpaired) electrons. The van der Waals surface area contributed by atoms with Crippen molar-refractivity contribution < 1.29 is 4.79 Å². The maximum atomic E-state index is 10.5. The lowest BCUT2D eigenvalue weighted by Crippen LogP contribution is -2.39. The summed E-state index contributed by atoms with van der Waals surface area (Å²) < 4.78 is 0. The minimum atomic E-state index is -1.32. The average molecular weight is 186 g/mol. The van der Waals surface area contributed by atoms with E-state index in [1.54, 1.807) is 0 Å². The van der Waals surface area contributed by atoms with Crippen molar-refractivity contribution in [2.45, 2.75) is 57.8 Å². The van der Waals surface area contributed by atoms with Crippen LogP contribution >= 0.6 is 0 Å². The predicted octanol–water partition coefficient (Wildman–Crippen LogP) is 3.47. The van der Waals surface area contributed by atoms with E-state index in [0.717, 1.165) is 12.3 Å². The molecule has 0 rings (SSSR count). The van der Waals surface area contributed by atoms with Crippen LogP contribution in [0.15, 0.2) is 0 Å². The molecule has 1 nitrogen and oxygen atoms in total. The Kier molecular flexibility index (Phi) is 4.18. The van der Waals surface area contributed by atoms with Crippen LogP contribution in [0.25, 0.3) is 0 Å². The summed E-state index contributed by atoms with van der Waals surface area (Å²) in [5, 5.41) is 0.405. The molecule has 0 unspecified atom stereocenters. The second-order valence-electron chi connectivity index (χ2n) is 4.89. The summed E-state index contributed by atoms with van der Waals surface area (Å²) in [4.78, 5) is 10.5. The Morgan fingerprint density at radius 1 is 1.33 bits per heavy atom. The van der Waals surface area contributed by atoms with E-state index >= 15 is 0 Å². The maximum absolute atomic E-state index is 10.5. The minimum Gasteiger partial charge on any atom is -0.304 e. The summed E-state index contributed by atoms with van der Waals surface area (Å²) >= 11 is 0. The number of carbonyl (C=O) groups is 1. The molecule has 0 aromatic heterocycles. The SMILES string of the molecule is CCCC(C)(C)[Si](C)(C)CC=O. The molecule has 12 heavy (non-hydrogen) atoms. The number of rotatable bonds is 5. The van der Waals surface area contributed by atoms with E-state index in [0.29, 0.717) is 5.04 Å². The van der Waals surface area contributed by atoms with E-state index < -0.39 is 8.07 Å². The number of hydrogen-bond donors (Lipinski definition) is 0. The van der Waals surface area contributed by atoms with E-state index in [9.17, 15) is 4.79 Å². The Balaban J connectivity index is 4.38. The maximum Gasteiger partial charge on any atom is 0.117 e. The van der Waals surface area contributed by atoms with E-state index in [1.807, 2.05) is 0 Å². The molecule has 0 fully saturated rings. The van der Waals surface area contributed by atoms with Gasteiger partial charge in [0.15, 0.2) is 0 Å². The van der Waals surface area contributed by atoms with Crippen molar-refractivity contribution in [3.63, 3.8) is 0 Å². The van der Waals surface area contributed by atoms with Crippen molar-refractivity contribution in [3.05, 3.63) is 0 Å². The van der Waals surface area contributed by atoms with Gasteiger partial charge in [0.1, 0.15) is 6.29 Å². The van der Waals surface area contributed by atoms with Crippen molar-refractivity contribution in [2.75, 3.05) is 0 Å². The van der Waals surface area contributed by atoms with E-state index in [1.165, 1.54) is 12.8 Å². The quantitative estimate of drug-likeness (QED) is 0.474. The van der Waals surface area contributed by atoms with E-state index in [2.05, 4.69) is 33.9 Å². The van der Waals surface area contributed by atoms with Gasteiger partial charge in [0.25, 0.3) is 0 Å². The largest absolute Gasteiger partial charge is 0.304 e. The fourth-order valence-corrected chi connectivity index (χ4v) is 3.34. The molecule has 0 aromatic carbocycles. The van der Waals surface area contributed by atoms with Crippen LogP contribution in [0.4, 0.5) is 0 Å². The summed E-state index contributed by atoms with van der Waals surface area (Å²) in [6, 6.07) is 0.806. The molecule has 0 spiro atoms. The van der Waals surface area contributed by atoms with Gasteiger partial charge in [0, 0.05) is 0 Å². The van der Waals surface area contributed by atoms with Crippen molar-refractivity contribution >= 4 is 14.4 Å². The molecule has 0 aliphatic carbocycles. The highest BCUT2D eigenvalue weighted by atomic mass is 28.3. The molecular weight excluding hydrogens is 164 g/mol. The summed E-state index contributed by atoms with van der Waals surface area (Å²) in [6.45, 7) is 11.5. The zero-order chi connectivity index (χ0) is 9.83. The van der Waals surface area contributed by atoms with E-state index in [-0.39, 0.29) is 0 Å². The van der Waals surface area contributed by atoms with E-state index in [4.69, 9.17) is 0 Å². The van der Waals surface area contributed by atoms with Crippen LogP contribution in [0.3, 0.4) is 0 Å². The topological polar surface area (TPSA) is 17.1 Å². The zero-order valence-electron chi connectivity index (χ0n) is 9.11. The minimum absolute atomic E-state index is 0.405. The molecule has 0 N–H and O–H groups in total. The Labute approximate surface area is 77.6 Å². The average Bonchev–Trinajstić information content (AvgIpc) is 1.86. The molecular formula is C10H22OSi. The Morgan fingerprint density at radius 2 is 1.83 bits per heavy atom. The number of hydrogen-bond acceptors (Lipinski definition) is 1. The molecule has 0 saturated heterocycles. The summed E-state index contributed by atoms with van der Waals surface area (Å²) in [5.74, 6) is 0. The van der Waals surface area contributed by atoms with Gasteiger partial charge in [-0.3, -0.25) is 0 Å². The van der Waals surface area contributed by atoms with Crippen molar-refractivity contribution in [2.24, 2.45) is 0 Å². The first kappa shape index (κ1) is 11.9. The van der Waals surface area contributed by atoms with Gasteiger partial charge < -0.3 is 4.79 Å². The molecule has 0 atom stereocenters. The molecule has 0 saturated carbocycles. The standard InChI is InChI=1S/C10H22OSi/c1-6-7-10(2,3)12(4,5)9-8-11/h8H,6-7,9H2,1-5H3. The Morgan fingerprint density at radius 3 is 2.17 bits per heavy atom. The third kappa shape index (κ3) is 2.74. The van der Waals surface area contributed by atoms with Crippen LogP contribution in [-0.4, -0.2) is 14.4 Å². The lowest BCUT2D eigenvalue weighted by molar-refractivity contribution is -0.106. The van der Waals surface area contributed by atoms with Gasteiger partial charge in [0.05, 0.1) is 8.07 Å². The zero-order valence-corrected chi connectivity index (χ0v) is 10.1. The normalized spacial score (nSPS) is 13.1. The first-order chi connectivity index (χ1) is 5.37. The van der Waals surface area contributed by atoms with Gasteiger partial charge >= 0.3 is 0 Å². The molecule has 72 valence electrons. The van der Waals surface area contributed by atoms with Gasteiger partial charge in [0.2, 0.25) is 0 Å². The third-order valence-electron chi connectivity index (χ3n) is 3.30. The van der Waals surface area contributed by atoms with Crippen LogP contribution in [-0.2, 0) is 4.79 Å². The summed E-state index contributed by atoms with van der Waals surface area (Å²) in [6.07, 6.45) is 3.58. The van der Waals surface area contributed by atoms with Crippen LogP contribution < -0.4 is 0 Å². The second kappa shape index (κ2) is 4.22. The predicted molar refractivity (Wildman–Crippen MR) is 57.3 cm³/mol. The summed E-state index contributed by atoms with van der Waals surface area (Å²) in [7, 11) is -1.32. The highest BCUT2D eigenvalue weighted by Gasteiger charge is 2.37. The highest BCUT2D eigenvalue weighted by Crippen LogP contribution is 2.42. The van der Waals surface area contributed by atoms with Gasteiger partial charge in [-0.05, 0) is 11.1 Å². The smallest absolute Gasteiger partial charge is 0.117 e.